The highest BCUT2D eigenvalue weighted by molar-refractivity contribution is 6.42. The molecule has 102 valence electrons. The second kappa shape index (κ2) is 5.21. The number of aliphatic hydroxyl groups is 1. The summed E-state index contributed by atoms with van der Waals surface area (Å²) in [7, 11) is 0. The summed E-state index contributed by atoms with van der Waals surface area (Å²) in [6, 6.07) is 3.33. The Bertz CT molecular complexity index is 538. The molecule has 1 unspecified atom stereocenters. The minimum Gasteiger partial charge on any atom is -0.455 e. The topological polar surface area (TPSA) is 53.5 Å². The van der Waals surface area contributed by atoms with Crippen molar-refractivity contribution >= 4 is 28.9 Å². The first-order chi connectivity index (χ1) is 9.15. The molecule has 2 aliphatic heterocycles. The maximum atomic E-state index is 10.1. The van der Waals surface area contributed by atoms with Crippen LogP contribution in [0.4, 0.5) is 5.69 Å². The fraction of sp³-hybridized carbons (Fsp3) is 0.385. The van der Waals surface area contributed by atoms with Crippen LogP contribution < -0.4 is 15.4 Å². The Morgan fingerprint density at radius 2 is 1.84 bits per heavy atom. The SMILES string of the molecule is OC1Nc2cc(Cl)c(Cl)cc2OC1=C1CCNCC1. The average molecular weight is 301 g/mol. The van der Waals surface area contributed by atoms with Gasteiger partial charge in [-0.25, -0.2) is 0 Å². The Balaban J connectivity index is 1.97. The van der Waals surface area contributed by atoms with Crippen LogP contribution in [-0.2, 0) is 0 Å². The number of fused-ring (bicyclic) bond motifs is 1. The van der Waals surface area contributed by atoms with Crippen LogP contribution in [0.5, 0.6) is 5.75 Å². The van der Waals surface area contributed by atoms with E-state index in [-0.39, 0.29) is 0 Å². The molecular weight excluding hydrogens is 287 g/mol. The van der Waals surface area contributed by atoms with E-state index in [2.05, 4.69) is 10.6 Å². The molecule has 4 nitrogen and oxygen atoms in total. The fourth-order valence-electron chi connectivity index (χ4n) is 2.35. The van der Waals surface area contributed by atoms with Crippen molar-refractivity contribution in [2.24, 2.45) is 0 Å². The highest BCUT2D eigenvalue weighted by atomic mass is 35.5. The third-order valence-electron chi connectivity index (χ3n) is 3.34. The fourth-order valence-corrected chi connectivity index (χ4v) is 2.67. The molecular formula is C13H14Cl2N2O2. The number of halogens is 2. The van der Waals surface area contributed by atoms with Crippen molar-refractivity contribution in [3.8, 4) is 5.75 Å². The monoisotopic (exact) mass is 300 g/mol. The van der Waals surface area contributed by atoms with Crippen molar-refractivity contribution in [2.45, 2.75) is 19.1 Å². The molecule has 0 saturated carbocycles. The lowest BCUT2D eigenvalue weighted by molar-refractivity contribution is 0.171. The second-order valence-corrected chi connectivity index (χ2v) is 5.44. The molecule has 0 amide bonds. The molecule has 0 radical (unpaired) electrons. The standard InChI is InChI=1S/C13H14Cl2N2O2/c14-8-5-10-11(6-9(8)15)19-12(13(18)17-10)7-1-3-16-4-2-7/h5-6,13,16-18H,1-4H2. The molecule has 0 aromatic heterocycles. The Morgan fingerprint density at radius 3 is 2.58 bits per heavy atom. The summed E-state index contributed by atoms with van der Waals surface area (Å²) in [6.07, 6.45) is 0.924. The molecule has 19 heavy (non-hydrogen) atoms. The van der Waals surface area contributed by atoms with Crippen molar-refractivity contribution in [1.82, 2.24) is 5.32 Å². The van der Waals surface area contributed by atoms with Gasteiger partial charge in [0.25, 0.3) is 0 Å². The highest BCUT2D eigenvalue weighted by Crippen LogP contribution is 2.39. The zero-order valence-corrected chi connectivity index (χ0v) is 11.7. The lowest BCUT2D eigenvalue weighted by atomic mass is 10.0. The molecule has 0 aliphatic carbocycles. The normalized spacial score (nSPS) is 22.6. The van der Waals surface area contributed by atoms with Gasteiger partial charge in [0.15, 0.2) is 17.7 Å². The smallest absolute Gasteiger partial charge is 0.184 e. The van der Waals surface area contributed by atoms with Crippen molar-refractivity contribution in [3.05, 3.63) is 33.5 Å². The van der Waals surface area contributed by atoms with Gasteiger partial charge in [-0.1, -0.05) is 23.2 Å². The summed E-state index contributed by atoms with van der Waals surface area (Å²) in [4.78, 5) is 0. The van der Waals surface area contributed by atoms with Gasteiger partial charge < -0.3 is 20.5 Å². The van der Waals surface area contributed by atoms with E-state index in [4.69, 9.17) is 27.9 Å². The summed E-state index contributed by atoms with van der Waals surface area (Å²) in [5.41, 5.74) is 1.79. The molecule has 3 rings (SSSR count). The van der Waals surface area contributed by atoms with E-state index in [1.54, 1.807) is 12.1 Å². The number of rotatable bonds is 0. The molecule has 6 heteroatoms. The average Bonchev–Trinajstić information content (AvgIpc) is 2.41. The van der Waals surface area contributed by atoms with Gasteiger partial charge >= 0.3 is 0 Å². The lowest BCUT2D eigenvalue weighted by Gasteiger charge is -2.30. The molecule has 1 saturated heterocycles. The zero-order valence-electron chi connectivity index (χ0n) is 10.2. The van der Waals surface area contributed by atoms with Crippen molar-refractivity contribution in [3.63, 3.8) is 0 Å². The molecule has 2 heterocycles. The summed E-state index contributed by atoms with van der Waals surface area (Å²) < 4.78 is 5.82. The maximum Gasteiger partial charge on any atom is 0.184 e. The summed E-state index contributed by atoms with van der Waals surface area (Å²) >= 11 is 11.9. The molecule has 1 aromatic rings. The van der Waals surface area contributed by atoms with E-state index in [0.717, 1.165) is 31.5 Å². The number of anilines is 1. The Hall–Kier alpha value is -0.940. The second-order valence-electron chi connectivity index (χ2n) is 4.63. The number of piperidine rings is 1. The van der Waals surface area contributed by atoms with Crippen LogP contribution in [-0.4, -0.2) is 24.4 Å². The van der Waals surface area contributed by atoms with Gasteiger partial charge in [0.2, 0.25) is 0 Å². The number of ether oxygens (including phenoxy) is 1. The number of benzene rings is 1. The van der Waals surface area contributed by atoms with Gasteiger partial charge in [-0.3, -0.25) is 0 Å². The van der Waals surface area contributed by atoms with E-state index in [9.17, 15) is 5.11 Å². The van der Waals surface area contributed by atoms with Crippen molar-refractivity contribution in [1.29, 1.82) is 0 Å². The van der Waals surface area contributed by atoms with E-state index in [1.165, 1.54) is 0 Å². The minimum absolute atomic E-state index is 0.432. The molecule has 2 aliphatic rings. The zero-order chi connectivity index (χ0) is 13.4. The van der Waals surface area contributed by atoms with Crippen LogP contribution in [0.3, 0.4) is 0 Å². The third-order valence-corrected chi connectivity index (χ3v) is 4.06. The summed E-state index contributed by atoms with van der Waals surface area (Å²) in [5.74, 6) is 1.19. The minimum atomic E-state index is -0.835. The lowest BCUT2D eigenvalue weighted by Crippen LogP contribution is -2.33. The quantitative estimate of drug-likeness (QED) is 0.690. The van der Waals surface area contributed by atoms with Gasteiger partial charge in [-0.2, -0.15) is 0 Å². The van der Waals surface area contributed by atoms with Gasteiger partial charge in [-0.15, -0.1) is 0 Å². The third kappa shape index (κ3) is 2.54. The molecule has 1 atom stereocenters. The van der Waals surface area contributed by atoms with Gasteiger partial charge in [-0.05, 0) is 37.6 Å². The summed E-state index contributed by atoms with van der Waals surface area (Å²) in [6.45, 7) is 1.81. The molecule has 1 aromatic carbocycles. The Morgan fingerprint density at radius 1 is 1.16 bits per heavy atom. The van der Waals surface area contributed by atoms with Crippen LogP contribution in [0.1, 0.15) is 12.8 Å². The van der Waals surface area contributed by atoms with E-state index in [0.29, 0.717) is 27.2 Å². The van der Waals surface area contributed by atoms with Gasteiger partial charge in [0.1, 0.15) is 0 Å². The first kappa shape index (κ1) is 13.1. The largest absolute Gasteiger partial charge is 0.455 e. The van der Waals surface area contributed by atoms with E-state index >= 15 is 0 Å². The number of nitrogens with one attached hydrogen (secondary N) is 2. The molecule has 1 fully saturated rings. The molecule has 3 N–H and O–H groups in total. The van der Waals surface area contributed by atoms with Crippen LogP contribution in [0.15, 0.2) is 23.5 Å². The first-order valence-electron chi connectivity index (χ1n) is 6.19. The summed E-state index contributed by atoms with van der Waals surface area (Å²) in [5, 5.41) is 17.3. The molecule has 0 spiro atoms. The predicted octanol–water partition coefficient (Wildman–Crippen LogP) is 2.75. The predicted molar refractivity (Wildman–Crippen MR) is 75.8 cm³/mol. The van der Waals surface area contributed by atoms with Crippen molar-refractivity contribution < 1.29 is 9.84 Å². The van der Waals surface area contributed by atoms with Crippen LogP contribution in [0.2, 0.25) is 10.0 Å². The first-order valence-corrected chi connectivity index (χ1v) is 6.95. The van der Waals surface area contributed by atoms with E-state index < -0.39 is 6.23 Å². The number of hydrogen-bond donors (Lipinski definition) is 3. The van der Waals surface area contributed by atoms with Crippen LogP contribution in [0, 0.1) is 0 Å². The van der Waals surface area contributed by atoms with Crippen LogP contribution >= 0.6 is 23.2 Å². The molecule has 0 bridgehead atoms. The Labute approximate surface area is 121 Å². The van der Waals surface area contributed by atoms with Crippen molar-refractivity contribution in [2.75, 3.05) is 18.4 Å². The number of aliphatic hydroxyl groups excluding tert-OH is 1. The van der Waals surface area contributed by atoms with E-state index in [1.807, 2.05) is 0 Å². The van der Waals surface area contributed by atoms with Crippen LogP contribution in [0.25, 0.3) is 0 Å². The highest BCUT2D eigenvalue weighted by Gasteiger charge is 2.27. The maximum absolute atomic E-state index is 10.1. The van der Waals surface area contributed by atoms with Gasteiger partial charge in [0.05, 0.1) is 15.7 Å². The van der Waals surface area contributed by atoms with Gasteiger partial charge in [0, 0.05) is 6.07 Å². The Kier molecular flexibility index (Phi) is 3.58. The number of hydrogen-bond acceptors (Lipinski definition) is 4.